The molecule has 1 aliphatic heterocycles. The molecule has 1 atom stereocenters. The molecule has 0 bridgehead atoms. The number of nitrogens with zero attached hydrogens (tertiary/aromatic N) is 1. The molecule has 0 spiro atoms. The van der Waals surface area contributed by atoms with E-state index in [1.165, 1.54) is 5.56 Å². The lowest BCUT2D eigenvalue weighted by Crippen LogP contribution is -2.45. The van der Waals surface area contributed by atoms with E-state index in [2.05, 4.69) is 17.1 Å². The fourth-order valence-corrected chi connectivity index (χ4v) is 2.64. The van der Waals surface area contributed by atoms with Crippen LogP contribution in [-0.4, -0.2) is 37.6 Å². The summed E-state index contributed by atoms with van der Waals surface area (Å²) in [6, 6.07) is 5.47. The lowest BCUT2D eigenvalue weighted by atomic mass is 9.99. The Bertz CT molecular complexity index is 386. The van der Waals surface area contributed by atoms with Crippen LogP contribution >= 0.6 is 0 Å². The molecule has 2 rings (SSSR count). The van der Waals surface area contributed by atoms with E-state index in [4.69, 9.17) is 0 Å². The van der Waals surface area contributed by atoms with Crippen LogP contribution in [0.25, 0.3) is 0 Å². The number of piperazine rings is 1. The van der Waals surface area contributed by atoms with E-state index in [-0.39, 0.29) is 5.82 Å². The molecule has 1 heterocycles. The fraction of sp³-hybridized carbons (Fsp3) is 0.600. The van der Waals surface area contributed by atoms with Crippen LogP contribution in [0.5, 0.6) is 0 Å². The second kappa shape index (κ2) is 6.30. The van der Waals surface area contributed by atoms with Gasteiger partial charge in [-0.3, -0.25) is 0 Å². The maximum Gasteiger partial charge on any atom is 0.126 e. The Balaban J connectivity index is 1.85. The number of hydrogen-bond acceptors (Lipinski definition) is 2. The van der Waals surface area contributed by atoms with E-state index in [0.717, 1.165) is 44.7 Å². The molecule has 0 aliphatic carbocycles. The van der Waals surface area contributed by atoms with Gasteiger partial charge in [0.15, 0.2) is 0 Å². The highest BCUT2D eigenvalue weighted by Crippen LogP contribution is 2.14. The Morgan fingerprint density at radius 3 is 2.72 bits per heavy atom. The number of nitrogens with one attached hydrogen (secondary N) is 1. The summed E-state index contributed by atoms with van der Waals surface area (Å²) >= 11 is 0. The van der Waals surface area contributed by atoms with E-state index >= 15 is 0 Å². The minimum absolute atomic E-state index is 0.103. The molecule has 0 radical (unpaired) electrons. The van der Waals surface area contributed by atoms with E-state index in [1.807, 2.05) is 19.1 Å². The standard InChI is InChI=1S/C15H23FN2/c1-12(11-18-7-5-17-6-8-18)9-14-3-4-15(16)13(2)10-14/h3-4,10,12,17H,5-9,11H2,1-2H3. The van der Waals surface area contributed by atoms with Crippen molar-refractivity contribution in [3.63, 3.8) is 0 Å². The minimum atomic E-state index is -0.103. The van der Waals surface area contributed by atoms with Gasteiger partial charge < -0.3 is 10.2 Å². The maximum atomic E-state index is 13.2. The number of rotatable bonds is 4. The monoisotopic (exact) mass is 250 g/mol. The van der Waals surface area contributed by atoms with Gasteiger partial charge in [-0.05, 0) is 36.5 Å². The van der Waals surface area contributed by atoms with Crippen LogP contribution in [0.15, 0.2) is 18.2 Å². The van der Waals surface area contributed by atoms with Crippen molar-refractivity contribution in [1.82, 2.24) is 10.2 Å². The smallest absolute Gasteiger partial charge is 0.126 e. The lowest BCUT2D eigenvalue weighted by molar-refractivity contribution is 0.211. The molecule has 100 valence electrons. The largest absolute Gasteiger partial charge is 0.314 e. The van der Waals surface area contributed by atoms with Crippen molar-refractivity contribution < 1.29 is 4.39 Å². The van der Waals surface area contributed by atoms with Crippen LogP contribution in [0.3, 0.4) is 0 Å². The van der Waals surface area contributed by atoms with Crippen molar-refractivity contribution in [2.45, 2.75) is 20.3 Å². The Labute approximate surface area is 109 Å². The van der Waals surface area contributed by atoms with Gasteiger partial charge in [-0.15, -0.1) is 0 Å². The summed E-state index contributed by atoms with van der Waals surface area (Å²) in [6.07, 6.45) is 1.03. The number of hydrogen-bond donors (Lipinski definition) is 1. The summed E-state index contributed by atoms with van der Waals surface area (Å²) in [5, 5.41) is 3.37. The fourth-order valence-electron chi connectivity index (χ4n) is 2.64. The quantitative estimate of drug-likeness (QED) is 0.881. The van der Waals surface area contributed by atoms with Crippen LogP contribution in [-0.2, 0) is 6.42 Å². The summed E-state index contributed by atoms with van der Waals surface area (Å²) in [5.41, 5.74) is 2.00. The second-order valence-corrected chi connectivity index (χ2v) is 5.44. The van der Waals surface area contributed by atoms with Crippen LogP contribution in [0.4, 0.5) is 4.39 Å². The first kappa shape index (κ1) is 13.5. The minimum Gasteiger partial charge on any atom is -0.314 e. The number of benzene rings is 1. The van der Waals surface area contributed by atoms with Gasteiger partial charge in [-0.1, -0.05) is 19.1 Å². The molecule has 1 fully saturated rings. The first-order valence-electron chi connectivity index (χ1n) is 6.83. The van der Waals surface area contributed by atoms with E-state index in [9.17, 15) is 4.39 Å². The SMILES string of the molecule is Cc1cc(CC(C)CN2CCNCC2)ccc1F. The van der Waals surface area contributed by atoms with Gasteiger partial charge in [0.05, 0.1) is 0 Å². The molecule has 1 N–H and O–H groups in total. The summed E-state index contributed by atoms with van der Waals surface area (Å²) in [4.78, 5) is 2.51. The average molecular weight is 250 g/mol. The zero-order valence-electron chi connectivity index (χ0n) is 11.4. The molecule has 1 aromatic rings. The normalized spacial score (nSPS) is 18.8. The molecule has 2 nitrogen and oxygen atoms in total. The predicted molar refractivity (Wildman–Crippen MR) is 73.3 cm³/mol. The van der Waals surface area contributed by atoms with Gasteiger partial charge in [0.1, 0.15) is 5.82 Å². The zero-order chi connectivity index (χ0) is 13.0. The summed E-state index contributed by atoms with van der Waals surface area (Å²) in [5.74, 6) is 0.515. The molecular weight excluding hydrogens is 227 g/mol. The summed E-state index contributed by atoms with van der Waals surface area (Å²) in [7, 11) is 0. The van der Waals surface area contributed by atoms with E-state index < -0.39 is 0 Å². The van der Waals surface area contributed by atoms with Crippen LogP contribution < -0.4 is 5.32 Å². The lowest BCUT2D eigenvalue weighted by Gasteiger charge is -2.29. The Kier molecular flexibility index (Phi) is 4.72. The third-order valence-corrected chi connectivity index (χ3v) is 3.59. The molecule has 0 aromatic heterocycles. The second-order valence-electron chi connectivity index (χ2n) is 5.44. The highest BCUT2D eigenvalue weighted by molar-refractivity contribution is 5.24. The maximum absolute atomic E-state index is 13.2. The summed E-state index contributed by atoms with van der Waals surface area (Å²) in [6.45, 7) is 9.74. The van der Waals surface area contributed by atoms with Crippen molar-refractivity contribution in [3.8, 4) is 0 Å². The van der Waals surface area contributed by atoms with Crippen molar-refractivity contribution in [3.05, 3.63) is 35.1 Å². The molecule has 18 heavy (non-hydrogen) atoms. The topological polar surface area (TPSA) is 15.3 Å². The van der Waals surface area contributed by atoms with Gasteiger partial charge in [0, 0.05) is 32.7 Å². The van der Waals surface area contributed by atoms with Gasteiger partial charge >= 0.3 is 0 Å². The predicted octanol–water partition coefficient (Wildman–Crippen LogP) is 2.22. The Morgan fingerprint density at radius 1 is 1.33 bits per heavy atom. The first-order valence-corrected chi connectivity index (χ1v) is 6.83. The molecule has 1 unspecified atom stereocenters. The van der Waals surface area contributed by atoms with Gasteiger partial charge in [-0.25, -0.2) is 4.39 Å². The summed E-state index contributed by atoms with van der Waals surface area (Å²) < 4.78 is 13.2. The number of halogens is 1. The molecule has 3 heteroatoms. The zero-order valence-corrected chi connectivity index (χ0v) is 11.4. The van der Waals surface area contributed by atoms with Gasteiger partial charge in [0.2, 0.25) is 0 Å². The molecule has 1 aromatic carbocycles. The van der Waals surface area contributed by atoms with Crippen molar-refractivity contribution in [2.24, 2.45) is 5.92 Å². The molecule has 1 aliphatic rings. The van der Waals surface area contributed by atoms with Crippen LogP contribution in [0.2, 0.25) is 0 Å². The molecule has 0 saturated carbocycles. The van der Waals surface area contributed by atoms with Crippen molar-refractivity contribution >= 4 is 0 Å². The molecule has 0 amide bonds. The van der Waals surface area contributed by atoms with Crippen molar-refractivity contribution in [1.29, 1.82) is 0 Å². The molecular formula is C15H23FN2. The van der Waals surface area contributed by atoms with Crippen molar-refractivity contribution in [2.75, 3.05) is 32.7 Å². The van der Waals surface area contributed by atoms with Crippen LogP contribution in [0.1, 0.15) is 18.1 Å². The third-order valence-electron chi connectivity index (χ3n) is 3.59. The Hall–Kier alpha value is -0.930. The molecule has 1 saturated heterocycles. The van der Waals surface area contributed by atoms with E-state index in [1.54, 1.807) is 6.07 Å². The Morgan fingerprint density at radius 2 is 2.06 bits per heavy atom. The van der Waals surface area contributed by atoms with E-state index in [0.29, 0.717) is 5.92 Å². The number of aryl methyl sites for hydroxylation is 1. The third kappa shape index (κ3) is 3.79. The average Bonchev–Trinajstić information content (AvgIpc) is 2.35. The highest BCUT2D eigenvalue weighted by Gasteiger charge is 2.13. The van der Waals surface area contributed by atoms with Crippen LogP contribution in [0, 0.1) is 18.7 Å². The first-order chi connectivity index (χ1) is 8.65. The van der Waals surface area contributed by atoms with Gasteiger partial charge in [0.25, 0.3) is 0 Å². The highest BCUT2D eigenvalue weighted by atomic mass is 19.1. The van der Waals surface area contributed by atoms with Gasteiger partial charge in [-0.2, -0.15) is 0 Å².